The second-order valence-corrected chi connectivity index (χ2v) is 6.82. The third-order valence-corrected chi connectivity index (χ3v) is 5.23. The summed E-state index contributed by atoms with van der Waals surface area (Å²) in [6.45, 7) is 0. The van der Waals surface area contributed by atoms with Crippen LogP contribution in [0.3, 0.4) is 0 Å². The van der Waals surface area contributed by atoms with Crippen molar-refractivity contribution in [1.82, 2.24) is 0 Å². The fraction of sp³-hybridized carbons (Fsp3) is 0.167. The molecule has 84 valence electrons. The lowest BCUT2D eigenvalue weighted by Gasteiger charge is -2.10. The van der Waals surface area contributed by atoms with Gasteiger partial charge in [-0.2, -0.15) is 0 Å². The monoisotopic (exact) mass is 378 g/mol. The molecule has 0 radical (unpaired) electrons. The summed E-state index contributed by atoms with van der Waals surface area (Å²) >= 11 is 14.9. The average molecular weight is 381 g/mol. The lowest BCUT2D eigenvalue weighted by Crippen LogP contribution is -1.93. The first-order chi connectivity index (χ1) is 7.66. The standard InChI is InChI=1S/C12H9Br2ClS/c13-10(7-9-2-1-5-16-9)8-3-4-12(15)11(14)6-8/h1-6,10H,7H2. The normalized spacial score (nSPS) is 12.7. The molecule has 0 N–H and O–H groups in total. The van der Waals surface area contributed by atoms with Gasteiger partial charge < -0.3 is 0 Å². The highest BCUT2D eigenvalue weighted by Gasteiger charge is 2.10. The zero-order valence-electron chi connectivity index (χ0n) is 8.29. The van der Waals surface area contributed by atoms with Gasteiger partial charge in [-0.25, -0.2) is 0 Å². The van der Waals surface area contributed by atoms with Crippen molar-refractivity contribution in [3.63, 3.8) is 0 Å². The van der Waals surface area contributed by atoms with Crippen molar-refractivity contribution in [3.05, 3.63) is 55.6 Å². The largest absolute Gasteiger partial charge is 0.149 e. The molecule has 0 nitrogen and oxygen atoms in total. The number of thiophene rings is 1. The molecule has 0 saturated heterocycles. The Balaban J connectivity index is 2.14. The first kappa shape index (κ1) is 12.6. The molecule has 0 fully saturated rings. The number of hydrogen-bond donors (Lipinski definition) is 0. The maximum absolute atomic E-state index is 5.97. The van der Waals surface area contributed by atoms with Crippen LogP contribution in [0.4, 0.5) is 0 Å². The first-order valence-electron chi connectivity index (χ1n) is 4.78. The van der Waals surface area contributed by atoms with Gasteiger partial charge in [0.25, 0.3) is 0 Å². The summed E-state index contributed by atoms with van der Waals surface area (Å²) in [6.07, 6.45) is 1.01. The summed E-state index contributed by atoms with van der Waals surface area (Å²) in [5, 5.41) is 2.85. The van der Waals surface area contributed by atoms with Crippen molar-refractivity contribution < 1.29 is 0 Å². The van der Waals surface area contributed by atoms with E-state index in [2.05, 4.69) is 61.5 Å². The molecule has 4 heteroatoms. The molecule has 1 aromatic heterocycles. The lowest BCUT2D eigenvalue weighted by atomic mass is 10.1. The molecule has 0 spiro atoms. The molecule has 0 bridgehead atoms. The first-order valence-corrected chi connectivity index (χ1v) is 7.75. The Morgan fingerprint density at radius 1 is 1.31 bits per heavy atom. The van der Waals surface area contributed by atoms with Crippen LogP contribution in [-0.2, 0) is 6.42 Å². The van der Waals surface area contributed by atoms with Gasteiger partial charge in [0.1, 0.15) is 0 Å². The molecule has 1 aromatic carbocycles. The second kappa shape index (κ2) is 5.67. The zero-order valence-corrected chi connectivity index (χ0v) is 13.0. The second-order valence-electron chi connectivity index (χ2n) is 3.42. The third-order valence-electron chi connectivity index (χ3n) is 2.27. The van der Waals surface area contributed by atoms with E-state index >= 15 is 0 Å². The fourth-order valence-electron chi connectivity index (χ4n) is 1.43. The van der Waals surface area contributed by atoms with Crippen LogP contribution in [0.2, 0.25) is 5.02 Å². The summed E-state index contributed by atoms with van der Waals surface area (Å²) in [5.74, 6) is 0. The summed E-state index contributed by atoms with van der Waals surface area (Å²) < 4.78 is 0.947. The van der Waals surface area contributed by atoms with Gasteiger partial charge in [-0.3, -0.25) is 0 Å². The van der Waals surface area contributed by atoms with Gasteiger partial charge in [0.15, 0.2) is 0 Å². The van der Waals surface area contributed by atoms with E-state index in [1.165, 1.54) is 10.4 Å². The molecule has 2 aromatic rings. The van der Waals surface area contributed by atoms with Gasteiger partial charge in [-0.05, 0) is 51.5 Å². The van der Waals surface area contributed by atoms with Gasteiger partial charge in [0.05, 0.1) is 5.02 Å². The van der Waals surface area contributed by atoms with E-state index in [0.29, 0.717) is 4.83 Å². The molecule has 1 heterocycles. The topological polar surface area (TPSA) is 0 Å². The molecule has 1 unspecified atom stereocenters. The zero-order chi connectivity index (χ0) is 11.5. The molecule has 0 amide bonds. The van der Waals surface area contributed by atoms with Crippen LogP contribution in [0.25, 0.3) is 0 Å². The van der Waals surface area contributed by atoms with Crippen molar-refractivity contribution in [2.24, 2.45) is 0 Å². The SMILES string of the molecule is Clc1ccc(C(Br)Cc2cccs2)cc1Br. The minimum Gasteiger partial charge on any atom is -0.149 e. The van der Waals surface area contributed by atoms with E-state index in [1.54, 1.807) is 11.3 Å². The third kappa shape index (κ3) is 3.10. The highest BCUT2D eigenvalue weighted by Crippen LogP contribution is 2.32. The van der Waals surface area contributed by atoms with Crippen molar-refractivity contribution in [2.75, 3.05) is 0 Å². The van der Waals surface area contributed by atoms with Gasteiger partial charge in [0, 0.05) is 14.2 Å². The summed E-state index contributed by atoms with van der Waals surface area (Å²) in [6, 6.07) is 10.3. The number of hydrogen-bond acceptors (Lipinski definition) is 1. The van der Waals surface area contributed by atoms with Crippen LogP contribution in [0.15, 0.2) is 40.2 Å². The van der Waals surface area contributed by atoms with Gasteiger partial charge in [-0.1, -0.05) is 39.7 Å². The van der Waals surface area contributed by atoms with E-state index in [0.717, 1.165) is 15.9 Å². The predicted octanol–water partition coefficient (Wildman–Crippen LogP) is 5.84. The van der Waals surface area contributed by atoms with Crippen LogP contribution < -0.4 is 0 Å². The molecular weight excluding hydrogens is 371 g/mol. The summed E-state index contributed by atoms with van der Waals surface area (Å²) in [4.78, 5) is 1.72. The van der Waals surface area contributed by atoms with Crippen molar-refractivity contribution in [1.29, 1.82) is 0 Å². The maximum Gasteiger partial charge on any atom is 0.0548 e. The summed E-state index contributed by atoms with van der Waals surface area (Å²) in [5.41, 5.74) is 1.24. The number of benzene rings is 1. The number of alkyl halides is 1. The highest BCUT2D eigenvalue weighted by atomic mass is 79.9. The van der Waals surface area contributed by atoms with E-state index in [1.807, 2.05) is 6.07 Å². The Hall–Kier alpha value is 0.170. The van der Waals surface area contributed by atoms with Crippen LogP contribution in [0.1, 0.15) is 15.3 Å². The van der Waals surface area contributed by atoms with Crippen molar-refractivity contribution >= 4 is 54.8 Å². The average Bonchev–Trinajstić information content (AvgIpc) is 2.74. The Morgan fingerprint density at radius 2 is 2.12 bits per heavy atom. The van der Waals surface area contributed by atoms with Crippen molar-refractivity contribution in [3.8, 4) is 0 Å². The minimum absolute atomic E-state index is 0.333. The Kier molecular flexibility index (Phi) is 4.48. The maximum atomic E-state index is 5.97. The minimum atomic E-state index is 0.333. The van der Waals surface area contributed by atoms with Crippen LogP contribution in [0, 0.1) is 0 Å². The smallest absolute Gasteiger partial charge is 0.0548 e. The Labute approximate surface area is 121 Å². The van der Waals surface area contributed by atoms with Crippen LogP contribution in [0.5, 0.6) is 0 Å². The van der Waals surface area contributed by atoms with Crippen LogP contribution in [-0.4, -0.2) is 0 Å². The molecule has 16 heavy (non-hydrogen) atoms. The van der Waals surface area contributed by atoms with Gasteiger partial charge in [0.2, 0.25) is 0 Å². The van der Waals surface area contributed by atoms with E-state index in [9.17, 15) is 0 Å². The van der Waals surface area contributed by atoms with E-state index < -0.39 is 0 Å². The van der Waals surface area contributed by atoms with E-state index in [4.69, 9.17) is 11.6 Å². The summed E-state index contributed by atoms with van der Waals surface area (Å²) in [7, 11) is 0. The van der Waals surface area contributed by atoms with Crippen molar-refractivity contribution in [2.45, 2.75) is 11.2 Å². The predicted molar refractivity (Wildman–Crippen MR) is 78.8 cm³/mol. The quantitative estimate of drug-likeness (QED) is 0.587. The molecule has 1 atom stereocenters. The highest BCUT2D eigenvalue weighted by molar-refractivity contribution is 9.10. The Bertz CT molecular complexity index is 468. The molecule has 0 aliphatic heterocycles. The fourth-order valence-corrected chi connectivity index (χ4v) is 3.54. The molecule has 0 saturated carbocycles. The number of halogens is 3. The molecule has 2 rings (SSSR count). The van der Waals surface area contributed by atoms with E-state index in [-0.39, 0.29) is 0 Å². The van der Waals surface area contributed by atoms with Gasteiger partial charge in [-0.15, -0.1) is 11.3 Å². The van der Waals surface area contributed by atoms with Crippen LogP contribution >= 0.6 is 54.8 Å². The molecule has 0 aliphatic carbocycles. The Morgan fingerprint density at radius 3 is 2.75 bits per heavy atom. The molecular formula is C12H9Br2ClS. The number of rotatable bonds is 3. The molecule has 0 aliphatic rings. The van der Waals surface area contributed by atoms with Gasteiger partial charge >= 0.3 is 0 Å². The lowest BCUT2D eigenvalue weighted by molar-refractivity contribution is 0.968.